The Kier molecular flexibility index (Phi) is 4.70. The standard InChI is InChI=1S/C10H8Cl3N3S3/c1-6-5-14-15(19-6)9-3-2-7(16(17)18)4-8(9)10(11,12)13/h2-5,14H,1H3. The van der Waals surface area contributed by atoms with Crippen molar-refractivity contribution in [3.63, 3.8) is 0 Å². The van der Waals surface area contributed by atoms with E-state index in [1.807, 2.05) is 23.6 Å². The van der Waals surface area contributed by atoms with Gasteiger partial charge in [-0.25, -0.2) is 7.77 Å². The summed E-state index contributed by atoms with van der Waals surface area (Å²) in [6.07, 6.45) is 1.87. The van der Waals surface area contributed by atoms with Gasteiger partial charge < -0.3 is 0 Å². The zero-order valence-corrected chi connectivity index (χ0v) is 14.3. The summed E-state index contributed by atoms with van der Waals surface area (Å²) in [5.41, 5.74) is 4.95. The monoisotopic (exact) mass is 371 g/mol. The van der Waals surface area contributed by atoms with Crippen LogP contribution in [0.15, 0.2) is 29.3 Å². The van der Waals surface area contributed by atoms with E-state index in [2.05, 4.69) is 5.43 Å². The molecule has 3 nitrogen and oxygen atoms in total. The maximum Gasteiger partial charge on any atom is 0.218 e. The highest BCUT2D eigenvalue weighted by Crippen LogP contribution is 2.46. The van der Waals surface area contributed by atoms with Gasteiger partial charge in [0, 0.05) is 40.7 Å². The number of nitrogens with zero attached hydrogens (tertiary/aromatic N) is 2. The second kappa shape index (κ2) is 5.79. The number of hydrogen-bond donors (Lipinski definition) is 1. The van der Waals surface area contributed by atoms with Crippen molar-refractivity contribution >= 4 is 83.4 Å². The Morgan fingerprint density at radius 2 is 2.11 bits per heavy atom. The molecule has 1 N–H and O–H groups in total. The molecule has 1 heterocycles. The minimum Gasteiger partial charge on any atom is -0.294 e. The van der Waals surface area contributed by atoms with Crippen molar-refractivity contribution < 1.29 is 3.35 Å². The summed E-state index contributed by atoms with van der Waals surface area (Å²) >= 11 is 29.4. The number of allylic oxidation sites excluding steroid dienone is 1. The zero-order valence-electron chi connectivity index (χ0n) is 9.56. The normalized spacial score (nSPS) is 15.2. The molecule has 102 valence electrons. The molecule has 1 aromatic carbocycles. The van der Waals surface area contributed by atoms with Crippen LogP contribution in [0.4, 0.5) is 11.4 Å². The van der Waals surface area contributed by atoms with Gasteiger partial charge in [0.25, 0.3) is 0 Å². The summed E-state index contributed by atoms with van der Waals surface area (Å²) < 4.78 is 1.38. The highest BCUT2D eigenvalue weighted by atomic mass is 35.6. The fourth-order valence-electron chi connectivity index (χ4n) is 1.51. The maximum absolute atomic E-state index is 6.02. The molecule has 0 fully saturated rings. The summed E-state index contributed by atoms with van der Waals surface area (Å²) in [4.78, 5) is 1.10. The molecule has 0 aromatic heterocycles. The van der Waals surface area contributed by atoms with Gasteiger partial charge in [0.05, 0.1) is 5.69 Å². The van der Waals surface area contributed by atoms with Gasteiger partial charge in [-0.3, -0.25) is 5.43 Å². The first kappa shape index (κ1) is 15.4. The summed E-state index contributed by atoms with van der Waals surface area (Å²) in [5.74, 6) is 0. The lowest BCUT2D eigenvalue weighted by molar-refractivity contribution is -0.197. The van der Waals surface area contributed by atoms with E-state index in [0.29, 0.717) is 11.3 Å². The first-order chi connectivity index (χ1) is 8.79. The molecule has 2 rings (SSSR count). The number of rotatable bonds is 2. The Morgan fingerprint density at radius 3 is 2.58 bits per heavy atom. The van der Waals surface area contributed by atoms with Gasteiger partial charge in [-0.2, -0.15) is 0 Å². The highest BCUT2D eigenvalue weighted by Gasteiger charge is 2.31. The molecule has 9 heteroatoms. The number of anilines is 1. The van der Waals surface area contributed by atoms with E-state index in [9.17, 15) is 0 Å². The molecule has 0 unspecified atom stereocenters. The van der Waals surface area contributed by atoms with Gasteiger partial charge in [0.2, 0.25) is 9.48 Å². The molecule has 0 saturated heterocycles. The van der Waals surface area contributed by atoms with Gasteiger partial charge in [-0.1, -0.05) is 60.0 Å². The predicted octanol–water partition coefficient (Wildman–Crippen LogP) is 4.18. The Morgan fingerprint density at radius 1 is 1.42 bits per heavy atom. The third kappa shape index (κ3) is 3.56. The Labute approximate surface area is 141 Å². The van der Waals surface area contributed by atoms with E-state index in [1.165, 1.54) is 11.9 Å². The second-order valence-electron chi connectivity index (χ2n) is 3.73. The SMILES string of the molecule is CC1=CNN(c2ccc([N+](=S)[S-])cc2C(Cl)(Cl)Cl)S1. The molecular weight excluding hydrogens is 365 g/mol. The van der Waals surface area contributed by atoms with E-state index in [-0.39, 0.29) is 0 Å². The third-order valence-corrected chi connectivity index (χ3v) is 4.26. The first-order valence-electron chi connectivity index (χ1n) is 5.05. The van der Waals surface area contributed by atoms with Crippen LogP contribution < -0.4 is 9.84 Å². The quantitative estimate of drug-likeness (QED) is 0.362. The highest BCUT2D eigenvalue weighted by molar-refractivity contribution is 8.04. The number of halogens is 3. The molecule has 0 spiro atoms. The fraction of sp³-hybridized carbons (Fsp3) is 0.200. The van der Waals surface area contributed by atoms with Gasteiger partial charge in [-0.15, -0.1) is 0 Å². The Bertz CT molecular complexity index is 557. The molecule has 0 amide bonds. The van der Waals surface area contributed by atoms with Gasteiger partial charge in [0.15, 0.2) is 0 Å². The molecule has 0 aliphatic carbocycles. The molecule has 1 aromatic rings. The van der Waals surface area contributed by atoms with Gasteiger partial charge >= 0.3 is 0 Å². The summed E-state index contributed by atoms with van der Waals surface area (Å²) in [5, 5.41) is 0. The predicted molar refractivity (Wildman–Crippen MR) is 87.3 cm³/mol. The van der Waals surface area contributed by atoms with Crippen LogP contribution in [0, 0.1) is 0 Å². The fourth-order valence-corrected chi connectivity index (χ4v) is 2.94. The van der Waals surface area contributed by atoms with Crippen LogP contribution in [0.1, 0.15) is 12.5 Å². The number of hydrogen-bond acceptors (Lipinski definition) is 5. The van der Waals surface area contributed by atoms with Crippen LogP contribution >= 0.6 is 46.8 Å². The van der Waals surface area contributed by atoms with Crippen molar-refractivity contribution in [2.75, 3.05) is 4.41 Å². The summed E-state index contributed by atoms with van der Waals surface area (Å²) in [7, 11) is 0. The van der Waals surface area contributed by atoms with E-state index >= 15 is 0 Å². The Hall–Kier alpha value is 0.0200. The van der Waals surface area contributed by atoms with Crippen LogP contribution in [-0.4, -0.2) is 3.35 Å². The van der Waals surface area contributed by atoms with Crippen molar-refractivity contribution in [2.45, 2.75) is 10.7 Å². The minimum absolute atomic E-state index is 0.512. The van der Waals surface area contributed by atoms with Crippen LogP contribution in [0.25, 0.3) is 0 Å². The van der Waals surface area contributed by atoms with E-state index in [1.54, 1.807) is 12.1 Å². The third-order valence-electron chi connectivity index (χ3n) is 2.34. The molecule has 1 aliphatic rings. The smallest absolute Gasteiger partial charge is 0.218 e. The van der Waals surface area contributed by atoms with E-state index in [4.69, 9.17) is 60.0 Å². The van der Waals surface area contributed by atoms with Gasteiger partial charge in [0.1, 0.15) is 0 Å². The maximum atomic E-state index is 6.02. The lowest BCUT2D eigenvalue weighted by Gasteiger charge is -2.23. The summed E-state index contributed by atoms with van der Waals surface area (Å²) in [6, 6.07) is 5.27. The Balaban J connectivity index is 2.46. The van der Waals surface area contributed by atoms with Crippen LogP contribution in [0.3, 0.4) is 0 Å². The van der Waals surface area contributed by atoms with Crippen LogP contribution in [0.2, 0.25) is 0 Å². The second-order valence-corrected chi connectivity index (χ2v) is 8.16. The molecule has 0 saturated carbocycles. The number of alkyl halides is 3. The van der Waals surface area contributed by atoms with E-state index in [0.717, 1.165) is 13.9 Å². The van der Waals surface area contributed by atoms with Crippen molar-refractivity contribution in [3.8, 4) is 0 Å². The van der Waals surface area contributed by atoms with E-state index < -0.39 is 3.79 Å². The lowest BCUT2D eigenvalue weighted by atomic mass is 10.2. The molecule has 1 aliphatic heterocycles. The van der Waals surface area contributed by atoms with Crippen molar-refractivity contribution in [2.24, 2.45) is 0 Å². The zero-order chi connectivity index (χ0) is 14.2. The van der Waals surface area contributed by atoms with Crippen LogP contribution in [0.5, 0.6) is 0 Å². The topological polar surface area (TPSA) is 18.3 Å². The van der Waals surface area contributed by atoms with Crippen molar-refractivity contribution in [1.82, 2.24) is 5.43 Å². The largest absolute Gasteiger partial charge is 0.294 e. The summed E-state index contributed by atoms with van der Waals surface area (Å²) in [6.45, 7) is 1.98. The molecule has 0 atom stereocenters. The first-order valence-corrected chi connectivity index (χ1v) is 7.69. The van der Waals surface area contributed by atoms with Gasteiger partial charge in [-0.05, 0) is 13.0 Å². The number of benzene rings is 1. The minimum atomic E-state index is -1.56. The van der Waals surface area contributed by atoms with Crippen molar-refractivity contribution in [3.05, 3.63) is 34.9 Å². The number of nitrogens with one attached hydrogen (secondary N) is 1. The average Bonchev–Trinajstić information content (AvgIpc) is 2.73. The molecule has 0 radical (unpaired) electrons. The molecule has 0 bridgehead atoms. The van der Waals surface area contributed by atoms with Crippen LogP contribution in [-0.2, 0) is 29.0 Å². The lowest BCUT2D eigenvalue weighted by Crippen LogP contribution is -2.25. The average molecular weight is 373 g/mol. The van der Waals surface area contributed by atoms with Crippen molar-refractivity contribution in [1.29, 1.82) is 0 Å². The molecule has 19 heavy (non-hydrogen) atoms. The number of hydrazine groups is 1. The molecular formula is C10H8Cl3N3S3.